The van der Waals surface area contributed by atoms with Crippen LogP contribution in [0.15, 0.2) is 27.6 Å². The third-order valence-corrected chi connectivity index (χ3v) is 5.36. The summed E-state index contributed by atoms with van der Waals surface area (Å²) in [6, 6.07) is 4.37. The first-order valence-corrected chi connectivity index (χ1v) is 7.84. The number of hydrogen-bond acceptors (Lipinski definition) is 3. The second kappa shape index (κ2) is 5.24. The van der Waals surface area contributed by atoms with Gasteiger partial charge in [-0.25, -0.2) is 12.8 Å². The molecule has 0 aliphatic carbocycles. The molecule has 0 spiro atoms. The van der Waals surface area contributed by atoms with E-state index >= 15 is 0 Å². The van der Waals surface area contributed by atoms with Crippen LogP contribution >= 0.6 is 15.9 Å². The molecule has 1 aliphatic heterocycles. The van der Waals surface area contributed by atoms with Gasteiger partial charge < -0.3 is 5.32 Å². The molecular formula is C11H14BrFN2O2S. The summed E-state index contributed by atoms with van der Waals surface area (Å²) in [6.45, 7) is 3.20. The second-order valence-corrected chi connectivity index (χ2v) is 7.03. The Balaban J connectivity index is 2.39. The largest absolute Gasteiger partial charge is 0.312 e. The minimum atomic E-state index is -3.76. The lowest BCUT2D eigenvalue weighted by molar-refractivity contribution is 0.309. The number of nitrogens with one attached hydrogen (secondary N) is 1. The molecule has 1 aromatic rings. The van der Waals surface area contributed by atoms with Crippen molar-refractivity contribution < 1.29 is 12.8 Å². The predicted molar refractivity (Wildman–Crippen MR) is 70.3 cm³/mol. The van der Waals surface area contributed by atoms with Crippen molar-refractivity contribution >= 4 is 26.0 Å². The summed E-state index contributed by atoms with van der Waals surface area (Å²) in [5, 5.41) is 3.15. The van der Waals surface area contributed by atoms with Crippen molar-refractivity contribution in [3.8, 4) is 0 Å². The standard InChI is InChI=1S/C11H14BrFN2O2S/c1-8-7-15(6-5-14-8)18(16,17)10-4-2-3-9(12)11(10)13/h2-4,8,14H,5-7H2,1H3. The first kappa shape index (κ1) is 13.9. The summed E-state index contributed by atoms with van der Waals surface area (Å²) in [5.41, 5.74) is 0. The van der Waals surface area contributed by atoms with E-state index in [-0.39, 0.29) is 15.4 Å². The molecule has 0 radical (unpaired) electrons. The minimum Gasteiger partial charge on any atom is -0.312 e. The Kier molecular flexibility index (Phi) is 4.05. The average molecular weight is 337 g/mol. The SMILES string of the molecule is CC1CN(S(=O)(=O)c2cccc(Br)c2F)CCN1. The Morgan fingerprint density at radius 1 is 1.50 bits per heavy atom. The highest BCUT2D eigenvalue weighted by Gasteiger charge is 2.31. The van der Waals surface area contributed by atoms with E-state index in [0.717, 1.165) is 0 Å². The zero-order chi connectivity index (χ0) is 13.3. The van der Waals surface area contributed by atoms with E-state index in [1.54, 1.807) is 0 Å². The average Bonchev–Trinajstić information content (AvgIpc) is 2.32. The third-order valence-electron chi connectivity index (χ3n) is 2.87. The number of benzene rings is 1. The van der Waals surface area contributed by atoms with Gasteiger partial charge >= 0.3 is 0 Å². The minimum absolute atomic E-state index is 0.0729. The van der Waals surface area contributed by atoms with Gasteiger partial charge in [-0.1, -0.05) is 6.07 Å². The summed E-state index contributed by atoms with van der Waals surface area (Å²) < 4.78 is 40.0. The smallest absolute Gasteiger partial charge is 0.246 e. The Morgan fingerprint density at radius 3 is 2.89 bits per heavy atom. The maximum absolute atomic E-state index is 13.9. The Labute approximate surface area is 114 Å². The molecule has 1 N–H and O–H groups in total. The van der Waals surface area contributed by atoms with Gasteiger partial charge in [-0.05, 0) is 35.0 Å². The normalized spacial score (nSPS) is 22.1. The quantitative estimate of drug-likeness (QED) is 0.891. The van der Waals surface area contributed by atoms with E-state index in [1.165, 1.54) is 22.5 Å². The van der Waals surface area contributed by atoms with Crippen molar-refractivity contribution in [2.75, 3.05) is 19.6 Å². The monoisotopic (exact) mass is 336 g/mol. The van der Waals surface area contributed by atoms with Crippen LogP contribution in [0, 0.1) is 5.82 Å². The van der Waals surface area contributed by atoms with E-state index in [9.17, 15) is 12.8 Å². The molecule has 0 amide bonds. The van der Waals surface area contributed by atoms with Crippen LogP contribution in [0.3, 0.4) is 0 Å². The van der Waals surface area contributed by atoms with E-state index in [4.69, 9.17) is 0 Å². The predicted octanol–water partition coefficient (Wildman–Crippen LogP) is 1.57. The van der Waals surface area contributed by atoms with Crippen molar-refractivity contribution in [1.82, 2.24) is 9.62 Å². The van der Waals surface area contributed by atoms with Gasteiger partial charge in [0.15, 0.2) is 5.82 Å². The highest BCUT2D eigenvalue weighted by molar-refractivity contribution is 9.10. The van der Waals surface area contributed by atoms with Crippen LogP contribution in [0.2, 0.25) is 0 Å². The van der Waals surface area contributed by atoms with Crippen LogP contribution < -0.4 is 5.32 Å². The Hall–Kier alpha value is -0.500. The van der Waals surface area contributed by atoms with E-state index in [2.05, 4.69) is 21.2 Å². The molecule has 1 atom stereocenters. The molecule has 0 saturated carbocycles. The van der Waals surface area contributed by atoms with E-state index in [0.29, 0.717) is 19.6 Å². The molecule has 2 rings (SSSR count). The zero-order valence-electron chi connectivity index (χ0n) is 9.86. The molecule has 100 valence electrons. The molecule has 18 heavy (non-hydrogen) atoms. The summed E-state index contributed by atoms with van der Waals surface area (Å²) >= 11 is 3.00. The second-order valence-electron chi connectivity index (χ2n) is 4.27. The van der Waals surface area contributed by atoms with Crippen LogP contribution in [-0.2, 0) is 10.0 Å². The Morgan fingerprint density at radius 2 is 2.22 bits per heavy atom. The molecule has 7 heteroatoms. The summed E-state index contributed by atoms with van der Waals surface area (Å²) in [4.78, 5) is -0.272. The van der Waals surface area contributed by atoms with E-state index in [1.807, 2.05) is 6.92 Å². The highest BCUT2D eigenvalue weighted by atomic mass is 79.9. The number of halogens is 2. The fourth-order valence-corrected chi connectivity index (χ4v) is 4.05. The van der Waals surface area contributed by atoms with Gasteiger partial charge in [-0.2, -0.15) is 4.31 Å². The molecule has 1 unspecified atom stereocenters. The van der Waals surface area contributed by atoms with Crippen molar-refractivity contribution in [2.45, 2.75) is 17.9 Å². The third kappa shape index (κ3) is 2.59. The van der Waals surface area contributed by atoms with Crippen LogP contribution in [0.4, 0.5) is 4.39 Å². The fourth-order valence-electron chi connectivity index (χ4n) is 1.94. The van der Waals surface area contributed by atoms with Gasteiger partial charge in [-0.3, -0.25) is 0 Å². The van der Waals surface area contributed by atoms with Crippen LogP contribution in [-0.4, -0.2) is 38.4 Å². The van der Waals surface area contributed by atoms with Gasteiger partial charge in [-0.15, -0.1) is 0 Å². The number of sulfonamides is 1. The molecule has 1 aliphatic rings. The maximum atomic E-state index is 13.9. The topological polar surface area (TPSA) is 49.4 Å². The molecule has 1 heterocycles. The van der Waals surface area contributed by atoms with Crippen molar-refractivity contribution in [1.29, 1.82) is 0 Å². The van der Waals surface area contributed by atoms with Gasteiger partial charge in [0.1, 0.15) is 4.90 Å². The lowest BCUT2D eigenvalue weighted by atomic mass is 10.3. The maximum Gasteiger partial charge on any atom is 0.246 e. The van der Waals surface area contributed by atoms with Crippen molar-refractivity contribution in [2.24, 2.45) is 0 Å². The van der Waals surface area contributed by atoms with Crippen LogP contribution in [0.5, 0.6) is 0 Å². The number of hydrogen-bond donors (Lipinski definition) is 1. The summed E-state index contributed by atoms with van der Waals surface area (Å²) in [6.07, 6.45) is 0. The van der Waals surface area contributed by atoms with Crippen molar-refractivity contribution in [3.63, 3.8) is 0 Å². The summed E-state index contributed by atoms with van der Waals surface area (Å²) in [5.74, 6) is -0.733. The van der Waals surface area contributed by atoms with Gasteiger partial charge in [0.25, 0.3) is 0 Å². The Bertz CT molecular complexity index is 550. The van der Waals surface area contributed by atoms with Gasteiger partial charge in [0.05, 0.1) is 4.47 Å². The number of rotatable bonds is 2. The lowest BCUT2D eigenvalue weighted by Gasteiger charge is -2.31. The van der Waals surface area contributed by atoms with Crippen LogP contribution in [0.1, 0.15) is 6.92 Å². The highest BCUT2D eigenvalue weighted by Crippen LogP contribution is 2.25. The van der Waals surface area contributed by atoms with Gasteiger partial charge in [0.2, 0.25) is 10.0 Å². The lowest BCUT2D eigenvalue weighted by Crippen LogP contribution is -2.51. The summed E-state index contributed by atoms with van der Waals surface area (Å²) in [7, 11) is -3.76. The van der Waals surface area contributed by atoms with E-state index < -0.39 is 15.8 Å². The van der Waals surface area contributed by atoms with Crippen molar-refractivity contribution in [3.05, 3.63) is 28.5 Å². The number of piperazine rings is 1. The molecule has 1 fully saturated rings. The molecular weight excluding hydrogens is 323 g/mol. The van der Waals surface area contributed by atoms with Crippen LogP contribution in [0.25, 0.3) is 0 Å². The number of nitrogens with zero attached hydrogens (tertiary/aromatic N) is 1. The first-order valence-electron chi connectivity index (χ1n) is 5.60. The molecule has 0 aromatic heterocycles. The molecule has 0 bridgehead atoms. The first-order chi connectivity index (χ1) is 8.43. The molecule has 1 saturated heterocycles. The zero-order valence-corrected chi connectivity index (χ0v) is 12.3. The molecule has 4 nitrogen and oxygen atoms in total. The fraction of sp³-hybridized carbons (Fsp3) is 0.455. The van der Waals surface area contributed by atoms with Gasteiger partial charge in [0, 0.05) is 25.7 Å². The molecule has 1 aromatic carbocycles.